The number of ether oxygens (including phenoxy) is 1. The van der Waals surface area contributed by atoms with E-state index in [2.05, 4.69) is 23.1 Å². The first-order valence-electron chi connectivity index (χ1n) is 7.46. The first kappa shape index (κ1) is 15.5. The highest BCUT2D eigenvalue weighted by atomic mass is 35.5. The molecular weight excluding hydrogens is 305 g/mol. The molecule has 2 heterocycles. The standard InChI is InChI=1S/C16H19ClFN3O/c1-2-21-10-12(8-19-21)9-20-5-6-22-16(11-20)14-4-3-13(18)7-15(14)17/h3-4,7-8,10,16H,2,5-6,9,11H2,1H3/t16-/m1/s1. The van der Waals surface area contributed by atoms with Gasteiger partial charge in [-0.15, -0.1) is 0 Å². The summed E-state index contributed by atoms with van der Waals surface area (Å²) in [7, 11) is 0. The van der Waals surface area contributed by atoms with Crippen molar-refractivity contribution in [2.45, 2.75) is 26.1 Å². The largest absolute Gasteiger partial charge is 0.371 e. The van der Waals surface area contributed by atoms with Gasteiger partial charge >= 0.3 is 0 Å². The lowest BCUT2D eigenvalue weighted by molar-refractivity contribution is -0.0329. The van der Waals surface area contributed by atoms with E-state index in [-0.39, 0.29) is 11.9 Å². The molecule has 2 aromatic rings. The lowest BCUT2D eigenvalue weighted by Crippen LogP contribution is -2.37. The minimum Gasteiger partial charge on any atom is -0.371 e. The summed E-state index contributed by atoms with van der Waals surface area (Å²) in [5.74, 6) is -0.326. The fourth-order valence-electron chi connectivity index (χ4n) is 2.72. The third kappa shape index (κ3) is 3.48. The summed E-state index contributed by atoms with van der Waals surface area (Å²) >= 11 is 6.14. The van der Waals surface area contributed by atoms with E-state index in [9.17, 15) is 4.39 Å². The van der Waals surface area contributed by atoms with E-state index in [1.807, 2.05) is 10.9 Å². The van der Waals surface area contributed by atoms with Crippen LogP contribution < -0.4 is 0 Å². The summed E-state index contributed by atoms with van der Waals surface area (Å²) in [6, 6.07) is 4.47. The fraction of sp³-hybridized carbons (Fsp3) is 0.438. The van der Waals surface area contributed by atoms with Crippen LogP contribution in [-0.4, -0.2) is 34.4 Å². The van der Waals surface area contributed by atoms with Gasteiger partial charge in [-0.1, -0.05) is 17.7 Å². The van der Waals surface area contributed by atoms with Crippen molar-refractivity contribution in [1.82, 2.24) is 14.7 Å². The van der Waals surface area contributed by atoms with Crippen LogP contribution in [0.2, 0.25) is 5.02 Å². The van der Waals surface area contributed by atoms with Crippen LogP contribution in [0.3, 0.4) is 0 Å². The van der Waals surface area contributed by atoms with Gasteiger partial charge in [-0.2, -0.15) is 5.10 Å². The minimum atomic E-state index is -0.326. The highest BCUT2D eigenvalue weighted by Crippen LogP contribution is 2.29. The monoisotopic (exact) mass is 323 g/mol. The molecule has 0 unspecified atom stereocenters. The molecular formula is C16H19ClFN3O. The van der Waals surface area contributed by atoms with Crippen LogP contribution in [0.5, 0.6) is 0 Å². The third-order valence-corrected chi connectivity index (χ3v) is 4.20. The predicted octanol–water partition coefficient (Wildman–Crippen LogP) is 3.27. The molecule has 3 rings (SSSR count). The topological polar surface area (TPSA) is 30.3 Å². The Kier molecular flexibility index (Phi) is 4.76. The lowest BCUT2D eigenvalue weighted by Gasteiger charge is -2.33. The molecule has 6 heteroatoms. The van der Waals surface area contributed by atoms with E-state index in [4.69, 9.17) is 16.3 Å². The molecule has 118 valence electrons. The van der Waals surface area contributed by atoms with Crippen LogP contribution in [0.25, 0.3) is 0 Å². The molecule has 0 amide bonds. The average molecular weight is 324 g/mol. The van der Waals surface area contributed by atoms with E-state index < -0.39 is 0 Å². The Bertz CT molecular complexity index is 646. The Balaban J connectivity index is 1.68. The van der Waals surface area contributed by atoms with Crippen molar-refractivity contribution in [2.75, 3.05) is 19.7 Å². The van der Waals surface area contributed by atoms with Gasteiger partial charge < -0.3 is 4.74 Å². The number of morpholine rings is 1. The molecule has 0 radical (unpaired) electrons. The molecule has 1 aromatic heterocycles. The Morgan fingerprint density at radius 3 is 3.05 bits per heavy atom. The Hall–Kier alpha value is -1.43. The van der Waals surface area contributed by atoms with Crippen LogP contribution in [0.4, 0.5) is 4.39 Å². The molecule has 1 aliphatic heterocycles. The van der Waals surface area contributed by atoms with Crippen LogP contribution in [-0.2, 0) is 17.8 Å². The Labute approximate surface area is 134 Å². The van der Waals surface area contributed by atoms with Crippen LogP contribution in [0.1, 0.15) is 24.2 Å². The first-order valence-corrected chi connectivity index (χ1v) is 7.83. The number of hydrogen-bond acceptors (Lipinski definition) is 3. The molecule has 22 heavy (non-hydrogen) atoms. The van der Waals surface area contributed by atoms with Gasteiger partial charge in [0, 0.05) is 48.5 Å². The molecule has 0 spiro atoms. The maximum Gasteiger partial charge on any atom is 0.124 e. The molecule has 0 saturated carbocycles. The summed E-state index contributed by atoms with van der Waals surface area (Å²) < 4.78 is 20.9. The van der Waals surface area contributed by atoms with Crippen LogP contribution in [0, 0.1) is 5.82 Å². The molecule has 1 aliphatic rings. The lowest BCUT2D eigenvalue weighted by atomic mass is 10.1. The minimum absolute atomic E-state index is 0.122. The summed E-state index contributed by atoms with van der Waals surface area (Å²) in [5, 5.41) is 4.72. The Morgan fingerprint density at radius 1 is 1.45 bits per heavy atom. The van der Waals surface area contributed by atoms with Crippen molar-refractivity contribution in [3.8, 4) is 0 Å². The normalized spacial score (nSPS) is 19.5. The summed E-state index contributed by atoms with van der Waals surface area (Å²) in [6.45, 7) is 6.02. The van der Waals surface area contributed by atoms with Crippen molar-refractivity contribution in [1.29, 1.82) is 0 Å². The molecule has 1 fully saturated rings. The van der Waals surface area contributed by atoms with E-state index in [1.54, 1.807) is 6.07 Å². The van der Waals surface area contributed by atoms with Crippen molar-refractivity contribution >= 4 is 11.6 Å². The van der Waals surface area contributed by atoms with E-state index in [0.29, 0.717) is 11.6 Å². The smallest absolute Gasteiger partial charge is 0.124 e. The first-order chi connectivity index (χ1) is 10.7. The van der Waals surface area contributed by atoms with Gasteiger partial charge in [0.1, 0.15) is 5.82 Å². The van der Waals surface area contributed by atoms with Crippen molar-refractivity contribution in [3.05, 3.63) is 52.6 Å². The molecule has 4 nitrogen and oxygen atoms in total. The number of aromatic nitrogens is 2. The molecule has 1 atom stereocenters. The second-order valence-corrected chi connectivity index (χ2v) is 5.87. The summed E-state index contributed by atoms with van der Waals surface area (Å²) in [5.41, 5.74) is 2.03. The zero-order valence-corrected chi connectivity index (χ0v) is 13.3. The van der Waals surface area contributed by atoms with Gasteiger partial charge in [-0.05, 0) is 19.1 Å². The zero-order valence-electron chi connectivity index (χ0n) is 12.5. The number of halogens is 2. The SMILES string of the molecule is CCn1cc(CN2CCO[C@@H](c3ccc(F)cc3Cl)C2)cn1. The van der Waals surface area contributed by atoms with E-state index >= 15 is 0 Å². The zero-order chi connectivity index (χ0) is 15.5. The van der Waals surface area contributed by atoms with E-state index in [0.717, 1.165) is 31.7 Å². The Morgan fingerprint density at radius 2 is 2.32 bits per heavy atom. The van der Waals surface area contributed by atoms with Gasteiger partial charge in [0.15, 0.2) is 0 Å². The highest BCUT2D eigenvalue weighted by molar-refractivity contribution is 6.31. The quantitative estimate of drug-likeness (QED) is 0.865. The van der Waals surface area contributed by atoms with Crippen molar-refractivity contribution in [2.24, 2.45) is 0 Å². The maximum absolute atomic E-state index is 13.2. The number of aryl methyl sites for hydroxylation is 1. The molecule has 0 N–H and O–H groups in total. The molecule has 1 saturated heterocycles. The van der Waals surface area contributed by atoms with Gasteiger partial charge in [0.25, 0.3) is 0 Å². The predicted molar refractivity (Wildman–Crippen MR) is 83.3 cm³/mol. The summed E-state index contributed by atoms with van der Waals surface area (Å²) in [4.78, 5) is 2.31. The van der Waals surface area contributed by atoms with Crippen LogP contribution >= 0.6 is 11.6 Å². The second-order valence-electron chi connectivity index (χ2n) is 5.46. The molecule has 0 aliphatic carbocycles. The van der Waals surface area contributed by atoms with Gasteiger partial charge in [0.2, 0.25) is 0 Å². The third-order valence-electron chi connectivity index (χ3n) is 3.88. The van der Waals surface area contributed by atoms with E-state index in [1.165, 1.54) is 17.7 Å². The summed E-state index contributed by atoms with van der Waals surface area (Å²) in [6.07, 6.45) is 3.84. The van der Waals surface area contributed by atoms with Crippen molar-refractivity contribution in [3.63, 3.8) is 0 Å². The number of nitrogens with zero attached hydrogens (tertiary/aromatic N) is 3. The van der Waals surface area contributed by atoms with Gasteiger partial charge in [0.05, 0.1) is 18.9 Å². The van der Waals surface area contributed by atoms with Crippen molar-refractivity contribution < 1.29 is 9.13 Å². The average Bonchev–Trinajstić information content (AvgIpc) is 2.95. The number of hydrogen-bond donors (Lipinski definition) is 0. The fourth-order valence-corrected chi connectivity index (χ4v) is 3.01. The van der Waals surface area contributed by atoms with Crippen LogP contribution in [0.15, 0.2) is 30.6 Å². The number of rotatable bonds is 4. The van der Waals surface area contributed by atoms with Gasteiger partial charge in [-0.25, -0.2) is 4.39 Å². The molecule has 1 aromatic carbocycles. The maximum atomic E-state index is 13.2. The van der Waals surface area contributed by atoms with Gasteiger partial charge in [-0.3, -0.25) is 9.58 Å². The number of benzene rings is 1. The molecule has 0 bridgehead atoms. The highest BCUT2D eigenvalue weighted by Gasteiger charge is 2.24. The second kappa shape index (κ2) is 6.77.